The molecular weight excluding hydrogens is 495 g/mol. The van der Waals surface area contributed by atoms with E-state index in [4.69, 9.17) is 45.5 Å². The molecule has 0 bridgehead atoms. The molecule has 7 nitrogen and oxygen atoms in total. The van der Waals surface area contributed by atoms with Gasteiger partial charge in [0, 0.05) is 40.3 Å². The summed E-state index contributed by atoms with van der Waals surface area (Å²) in [5, 5.41) is 15.1. The topological polar surface area (TPSA) is 113 Å². The van der Waals surface area contributed by atoms with Crippen molar-refractivity contribution >= 4 is 40.8 Å². The molecule has 0 aliphatic heterocycles. The molecule has 34 heavy (non-hydrogen) atoms. The summed E-state index contributed by atoms with van der Waals surface area (Å²) in [5.41, 5.74) is 8.99. The molecule has 2 heterocycles. The minimum absolute atomic E-state index is 0.0297. The average Bonchev–Trinajstić information content (AvgIpc) is 3.21. The van der Waals surface area contributed by atoms with Gasteiger partial charge in [-0.15, -0.1) is 0 Å². The second-order valence-electron chi connectivity index (χ2n) is 8.54. The van der Waals surface area contributed by atoms with Crippen LogP contribution in [0.3, 0.4) is 0 Å². The average molecular weight is 518 g/mol. The van der Waals surface area contributed by atoms with Crippen molar-refractivity contribution in [2.45, 2.75) is 25.8 Å². The number of benzene rings is 2. The third kappa shape index (κ3) is 5.45. The normalized spacial score (nSPS) is 11.7. The molecule has 4 rings (SSSR count). The number of nitrogens with zero attached hydrogens (tertiary/aromatic N) is 3. The fraction of sp³-hybridized carbons (Fsp3) is 0.208. The summed E-state index contributed by atoms with van der Waals surface area (Å²) < 4.78 is 0. The highest BCUT2D eigenvalue weighted by atomic mass is 35.5. The van der Waals surface area contributed by atoms with E-state index in [1.807, 2.05) is 12.1 Å². The van der Waals surface area contributed by atoms with E-state index in [0.717, 1.165) is 11.4 Å². The highest BCUT2D eigenvalue weighted by Gasteiger charge is 2.27. The number of phenolic OH excluding ortho intramolecular Hbond substituents is 1. The van der Waals surface area contributed by atoms with Gasteiger partial charge in [0.2, 0.25) is 5.95 Å². The number of anilines is 1. The van der Waals surface area contributed by atoms with Crippen molar-refractivity contribution in [2.24, 2.45) is 0 Å². The molecule has 0 amide bonds. The zero-order valence-corrected chi connectivity index (χ0v) is 20.8. The van der Waals surface area contributed by atoms with Gasteiger partial charge in [-0.2, -0.15) is 0 Å². The molecular formula is C24H23Cl3N6O. The minimum Gasteiger partial charge on any atom is -0.506 e. The lowest BCUT2D eigenvalue weighted by molar-refractivity contribution is 0.448. The van der Waals surface area contributed by atoms with Crippen LogP contribution in [-0.4, -0.2) is 31.6 Å². The van der Waals surface area contributed by atoms with Crippen LogP contribution < -0.4 is 11.1 Å². The van der Waals surface area contributed by atoms with Gasteiger partial charge in [-0.05, 0) is 42.0 Å². The number of aromatic amines is 1. The number of aromatic nitrogens is 4. The van der Waals surface area contributed by atoms with Crippen LogP contribution in [0, 0.1) is 0 Å². The molecule has 4 aromatic rings. The summed E-state index contributed by atoms with van der Waals surface area (Å²) >= 11 is 18.2. The Morgan fingerprint density at radius 2 is 1.76 bits per heavy atom. The number of halogens is 3. The van der Waals surface area contributed by atoms with Crippen molar-refractivity contribution in [2.75, 3.05) is 12.3 Å². The number of nitrogens with one attached hydrogen (secondary N) is 2. The van der Waals surface area contributed by atoms with Gasteiger partial charge >= 0.3 is 0 Å². The van der Waals surface area contributed by atoms with Crippen molar-refractivity contribution in [1.82, 2.24) is 25.3 Å². The van der Waals surface area contributed by atoms with E-state index in [1.165, 1.54) is 0 Å². The smallest absolute Gasteiger partial charge is 0.220 e. The lowest BCUT2D eigenvalue weighted by Gasteiger charge is -2.23. The number of nitrogen functional groups attached to an aromatic ring is 1. The summed E-state index contributed by atoms with van der Waals surface area (Å²) in [6, 6.07) is 12.2. The first-order chi connectivity index (χ1) is 16.1. The maximum atomic E-state index is 10.2. The van der Waals surface area contributed by atoms with Crippen LogP contribution in [0.15, 0.2) is 48.7 Å². The number of hydrogen-bond acceptors (Lipinski definition) is 6. The largest absolute Gasteiger partial charge is 0.506 e. The van der Waals surface area contributed by atoms with E-state index in [9.17, 15) is 5.11 Å². The van der Waals surface area contributed by atoms with E-state index in [1.54, 1.807) is 36.5 Å². The van der Waals surface area contributed by atoms with E-state index in [0.29, 0.717) is 45.8 Å². The first-order valence-corrected chi connectivity index (χ1v) is 11.6. The van der Waals surface area contributed by atoms with E-state index in [2.05, 4.69) is 34.1 Å². The minimum atomic E-state index is -0.386. The second kappa shape index (κ2) is 9.80. The predicted molar refractivity (Wildman–Crippen MR) is 137 cm³/mol. The fourth-order valence-electron chi connectivity index (χ4n) is 3.58. The van der Waals surface area contributed by atoms with Crippen LogP contribution >= 0.6 is 34.8 Å². The molecule has 5 N–H and O–H groups in total. The van der Waals surface area contributed by atoms with E-state index in [-0.39, 0.29) is 22.1 Å². The zero-order valence-electron chi connectivity index (χ0n) is 18.5. The molecule has 0 atom stereocenters. The standard InChI is InChI=1S/C24H23Cl3N6O/c1-24(2,12-29-11-13-7-15(25)10-16(26)8-13)22-32-20(14-3-4-17(27)19(34)9-14)21(33-22)18-5-6-30-23(28)31-18/h3-10,29,34H,11-12H2,1-2H3,(H,32,33)(H2,28,30,31). The molecule has 10 heteroatoms. The molecule has 176 valence electrons. The molecule has 0 saturated heterocycles. The summed E-state index contributed by atoms with van der Waals surface area (Å²) in [6.07, 6.45) is 1.59. The second-order valence-corrected chi connectivity index (χ2v) is 9.82. The van der Waals surface area contributed by atoms with Crippen molar-refractivity contribution < 1.29 is 5.11 Å². The Bertz CT molecular complexity index is 1320. The molecule has 0 radical (unpaired) electrons. The van der Waals surface area contributed by atoms with E-state index >= 15 is 0 Å². The van der Waals surface area contributed by atoms with Crippen LogP contribution in [0.25, 0.3) is 22.6 Å². The molecule has 0 fully saturated rings. The first-order valence-electron chi connectivity index (χ1n) is 10.5. The van der Waals surface area contributed by atoms with E-state index < -0.39 is 0 Å². The van der Waals surface area contributed by atoms with Crippen LogP contribution in [0.4, 0.5) is 5.95 Å². The van der Waals surface area contributed by atoms with Crippen molar-refractivity contribution in [1.29, 1.82) is 0 Å². The quantitative estimate of drug-likeness (QED) is 0.245. The van der Waals surface area contributed by atoms with Gasteiger partial charge < -0.3 is 21.1 Å². The number of phenols is 1. The molecule has 0 aliphatic carbocycles. The fourth-order valence-corrected chi connectivity index (χ4v) is 4.27. The number of rotatable bonds is 7. The Balaban J connectivity index is 1.66. The zero-order chi connectivity index (χ0) is 24.5. The molecule has 0 spiro atoms. The summed E-state index contributed by atoms with van der Waals surface area (Å²) in [5.74, 6) is 0.860. The number of imidazole rings is 1. The number of H-pyrrole nitrogens is 1. The van der Waals surface area contributed by atoms with Gasteiger partial charge in [0.05, 0.1) is 22.1 Å². The third-order valence-corrected chi connectivity index (χ3v) is 6.07. The number of hydrogen-bond donors (Lipinski definition) is 4. The van der Waals surface area contributed by atoms with Gasteiger partial charge in [-0.1, -0.05) is 54.7 Å². The maximum absolute atomic E-state index is 10.2. The Hall–Kier alpha value is -2.84. The summed E-state index contributed by atoms with van der Waals surface area (Å²) in [4.78, 5) is 16.6. The predicted octanol–water partition coefficient (Wildman–Crippen LogP) is 5.85. The van der Waals surface area contributed by atoms with Crippen molar-refractivity contribution in [3.05, 3.63) is 75.1 Å². The van der Waals surface area contributed by atoms with Crippen LogP contribution in [0.2, 0.25) is 15.1 Å². The molecule has 2 aromatic heterocycles. The Labute approximate surface area is 212 Å². The molecule has 0 saturated carbocycles. The first kappa shape index (κ1) is 24.3. The summed E-state index contributed by atoms with van der Waals surface area (Å²) in [6.45, 7) is 5.36. The molecule has 2 aromatic carbocycles. The highest BCUT2D eigenvalue weighted by molar-refractivity contribution is 6.34. The van der Waals surface area contributed by atoms with Crippen LogP contribution in [0.5, 0.6) is 5.75 Å². The van der Waals surface area contributed by atoms with Gasteiger partial charge in [-0.25, -0.2) is 15.0 Å². The van der Waals surface area contributed by atoms with Crippen molar-refractivity contribution in [3.63, 3.8) is 0 Å². The highest BCUT2D eigenvalue weighted by Crippen LogP contribution is 2.36. The molecule has 0 unspecified atom stereocenters. The number of aromatic hydroxyl groups is 1. The molecule has 0 aliphatic rings. The maximum Gasteiger partial charge on any atom is 0.220 e. The van der Waals surface area contributed by atoms with Crippen LogP contribution in [0.1, 0.15) is 25.2 Å². The number of nitrogens with two attached hydrogens (primary N) is 1. The van der Waals surface area contributed by atoms with Gasteiger partial charge in [0.1, 0.15) is 11.6 Å². The Kier molecular flexibility index (Phi) is 7.00. The lowest BCUT2D eigenvalue weighted by Crippen LogP contribution is -2.33. The van der Waals surface area contributed by atoms with Crippen LogP contribution in [-0.2, 0) is 12.0 Å². The van der Waals surface area contributed by atoms with Gasteiger partial charge in [0.15, 0.2) is 0 Å². The Morgan fingerprint density at radius 1 is 1.03 bits per heavy atom. The monoisotopic (exact) mass is 516 g/mol. The SMILES string of the molecule is CC(C)(CNCc1cc(Cl)cc(Cl)c1)c1nc(-c2ccc(Cl)c(O)c2)c(-c2ccnc(N)n2)[nH]1. The van der Waals surface area contributed by atoms with Crippen molar-refractivity contribution in [3.8, 4) is 28.4 Å². The third-order valence-electron chi connectivity index (χ3n) is 5.31. The van der Waals surface area contributed by atoms with Gasteiger partial charge in [-0.3, -0.25) is 0 Å². The van der Waals surface area contributed by atoms with Gasteiger partial charge in [0.25, 0.3) is 0 Å². The lowest BCUT2D eigenvalue weighted by atomic mass is 9.92. The Morgan fingerprint density at radius 3 is 2.44 bits per heavy atom. The summed E-state index contributed by atoms with van der Waals surface area (Å²) in [7, 11) is 0.